The van der Waals surface area contributed by atoms with E-state index < -0.39 is 11.9 Å². The van der Waals surface area contributed by atoms with Gasteiger partial charge >= 0.3 is 0 Å². The van der Waals surface area contributed by atoms with Gasteiger partial charge in [-0.1, -0.05) is 38.1 Å². The largest absolute Gasteiger partial charge is 0.545 e. The van der Waals surface area contributed by atoms with E-state index in [-0.39, 0.29) is 11.1 Å². The van der Waals surface area contributed by atoms with Crippen molar-refractivity contribution < 1.29 is 28.9 Å². The van der Waals surface area contributed by atoms with Crippen LogP contribution in [-0.2, 0) is 27.2 Å². The molecule has 0 amide bonds. The molecule has 0 aliphatic carbocycles. The van der Waals surface area contributed by atoms with Gasteiger partial charge in [0.25, 0.3) is 0 Å². The number of carboxylic acid groups (broad SMARTS) is 2. The van der Waals surface area contributed by atoms with E-state index >= 15 is 0 Å². The SMILES string of the molecule is CCCn1cc[n+](C)c1.CCCn1cc[n+](C)c1.O=C([O-])c1ccccc1C(=O)[O-]. The van der Waals surface area contributed by atoms with Crippen LogP contribution in [0.2, 0.25) is 0 Å². The molecule has 2 heterocycles. The van der Waals surface area contributed by atoms with Crippen molar-refractivity contribution in [3.8, 4) is 0 Å². The number of aromatic nitrogens is 4. The van der Waals surface area contributed by atoms with Crippen molar-refractivity contribution in [2.24, 2.45) is 14.1 Å². The number of carboxylic acids is 2. The lowest BCUT2D eigenvalue weighted by Crippen LogP contribution is -2.29. The topological polar surface area (TPSA) is 97.9 Å². The highest BCUT2D eigenvalue weighted by Crippen LogP contribution is 2.05. The first-order chi connectivity index (χ1) is 14.3. The van der Waals surface area contributed by atoms with Crippen molar-refractivity contribution in [3.05, 3.63) is 72.8 Å². The van der Waals surface area contributed by atoms with Crippen LogP contribution in [0.1, 0.15) is 47.4 Å². The number of aromatic carboxylic acids is 2. The fourth-order valence-corrected chi connectivity index (χ4v) is 2.62. The van der Waals surface area contributed by atoms with Gasteiger partial charge in [-0.3, -0.25) is 0 Å². The Morgan fingerprint density at radius 3 is 1.40 bits per heavy atom. The third-order valence-electron chi connectivity index (χ3n) is 3.98. The Bertz CT molecular complexity index is 855. The van der Waals surface area contributed by atoms with Gasteiger partial charge in [-0.15, -0.1) is 0 Å². The van der Waals surface area contributed by atoms with Crippen LogP contribution in [0, 0.1) is 0 Å². The number of carbonyl (C=O) groups excluding carboxylic acids is 2. The van der Waals surface area contributed by atoms with Crippen molar-refractivity contribution in [2.45, 2.75) is 39.8 Å². The summed E-state index contributed by atoms with van der Waals surface area (Å²) in [4.78, 5) is 20.6. The maximum Gasteiger partial charge on any atom is 0.243 e. The molecule has 30 heavy (non-hydrogen) atoms. The molecule has 2 aromatic heterocycles. The van der Waals surface area contributed by atoms with E-state index in [1.54, 1.807) is 0 Å². The van der Waals surface area contributed by atoms with Gasteiger partial charge in [0.2, 0.25) is 12.7 Å². The molecule has 0 spiro atoms. The van der Waals surface area contributed by atoms with Gasteiger partial charge in [-0.05, 0) is 12.8 Å². The second-order valence-electron chi connectivity index (χ2n) is 6.75. The monoisotopic (exact) mass is 414 g/mol. The Morgan fingerprint density at radius 1 is 0.800 bits per heavy atom. The minimum Gasteiger partial charge on any atom is -0.545 e. The van der Waals surface area contributed by atoms with Crippen LogP contribution in [0.3, 0.4) is 0 Å². The first-order valence-electron chi connectivity index (χ1n) is 9.82. The predicted molar refractivity (Wildman–Crippen MR) is 107 cm³/mol. The molecular formula is C22H30N4O4. The number of carbonyl (C=O) groups is 2. The lowest BCUT2D eigenvalue weighted by molar-refractivity contribution is -0.671. The number of rotatable bonds is 6. The lowest BCUT2D eigenvalue weighted by atomic mass is 10.1. The highest BCUT2D eigenvalue weighted by atomic mass is 16.4. The second-order valence-corrected chi connectivity index (χ2v) is 6.75. The van der Waals surface area contributed by atoms with Crippen molar-refractivity contribution >= 4 is 11.9 Å². The molecule has 0 unspecified atom stereocenters. The van der Waals surface area contributed by atoms with Crippen LogP contribution in [0.4, 0.5) is 0 Å². The standard InChI is InChI=1S/C8H6O4.2C7H13N2/c9-7(10)5-3-1-2-4-6(5)8(11)12;2*1-3-4-9-6-5-8(2)7-9/h1-4H,(H,9,10)(H,11,12);2*5-7H,3-4H2,1-2H3/q;2*+1/p-2. The van der Waals surface area contributed by atoms with Gasteiger partial charge in [0.1, 0.15) is 24.8 Å². The fraction of sp³-hybridized carbons (Fsp3) is 0.364. The number of aryl methyl sites for hydroxylation is 4. The number of hydrogen-bond donors (Lipinski definition) is 0. The molecule has 0 saturated heterocycles. The van der Waals surface area contributed by atoms with E-state index in [2.05, 4.69) is 69.6 Å². The summed E-state index contributed by atoms with van der Waals surface area (Å²) in [6.45, 7) is 6.61. The van der Waals surface area contributed by atoms with Crippen LogP contribution in [0.5, 0.6) is 0 Å². The van der Waals surface area contributed by atoms with Gasteiger partial charge in [-0.2, -0.15) is 0 Å². The van der Waals surface area contributed by atoms with Gasteiger partial charge < -0.3 is 19.8 Å². The quantitative estimate of drug-likeness (QED) is 0.524. The minimum absolute atomic E-state index is 0.363. The van der Waals surface area contributed by atoms with Crippen LogP contribution >= 0.6 is 0 Å². The molecule has 0 N–H and O–H groups in total. The van der Waals surface area contributed by atoms with Crippen LogP contribution in [0.25, 0.3) is 0 Å². The zero-order valence-electron chi connectivity index (χ0n) is 18.0. The van der Waals surface area contributed by atoms with E-state index in [9.17, 15) is 19.8 Å². The normalized spacial score (nSPS) is 9.73. The smallest absolute Gasteiger partial charge is 0.243 e. The summed E-state index contributed by atoms with van der Waals surface area (Å²) < 4.78 is 8.46. The Labute approximate surface area is 177 Å². The molecule has 0 aliphatic heterocycles. The molecule has 0 saturated carbocycles. The number of benzene rings is 1. The third-order valence-corrected chi connectivity index (χ3v) is 3.98. The summed E-state index contributed by atoms with van der Waals surface area (Å²) >= 11 is 0. The van der Waals surface area contributed by atoms with Gasteiger partial charge in [0.15, 0.2) is 0 Å². The van der Waals surface area contributed by atoms with Crippen molar-refractivity contribution in [1.29, 1.82) is 0 Å². The summed E-state index contributed by atoms with van der Waals surface area (Å²) in [7, 11) is 4.07. The zero-order chi connectivity index (χ0) is 22.5. The van der Waals surface area contributed by atoms with Gasteiger partial charge in [0, 0.05) is 11.1 Å². The highest BCUT2D eigenvalue weighted by molar-refractivity contribution is 5.99. The summed E-state index contributed by atoms with van der Waals surface area (Å²) in [5.41, 5.74) is -0.727. The van der Waals surface area contributed by atoms with E-state index in [0.29, 0.717) is 0 Å². The van der Waals surface area contributed by atoms with Crippen molar-refractivity contribution in [1.82, 2.24) is 9.13 Å². The van der Waals surface area contributed by atoms with Gasteiger partial charge in [0.05, 0.1) is 39.1 Å². The molecule has 162 valence electrons. The molecule has 0 radical (unpaired) electrons. The van der Waals surface area contributed by atoms with E-state index in [1.165, 1.54) is 25.0 Å². The molecule has 8 nitrogen and oxygen atoms in total. The first kappa shape index (κ1) is 24.6. The number of imidazole rings is 2. The second kappa shape index (κ2) is 12.9. The summed E-state index contributed by atoms with van der Waals surface area (Å²) in [5, 5.41) is 20.6. The zero-order valence-corrected chi connectivity index (χ0v) is 18.0. The molecular weight excluding hydrogens is 384 g/mol. The van der Waals surface area contributed by atoms with Crippen molar-refractivity contribution in [3.63, 3.8) is 0 Å². The Kier molecular flexibility index (Phi) is 10.6. The molecule has 3 rings (SSSR count). The minimum atomic E-state index is -1.52. The molecule has 0 fully saturated rings. The third kappa shape index (κ3) is 8.72. The summed E-state index contributed by atoms with van der Waals surface area (Å²) in [5.74, 6) is -3.04. The van der Waals surface area contributed by atoms with E-state index in [1.807, 2.05) is 14.1 Å². The Morgan fingerprint density at radius 2 is 1.17 bits per heavy atom. The maximum absolute atomic E-state index is 10.3. The predicted octanol–water partition coefficient (Wildman–Crippen LogP) is -0.141. The van der Waals surface area contributed by atoms with E-state index in [4.69, 9.17) is 0 Å². The molecule has 3 aromatic rings. The van der Waals surface area contributed by atoms with Crippen LogP contribution < -0.4 is 19.3 Å². The highest BCUT2D eigenvalue weighted by Gasteiger charge is 2.01. The summed E-state index contributed by atoms with van der Waals surface area (Å²) in [6.07, 6.45) is 14.9. The first-order valence-corrected chi connectivity index (χ1v) is 9.82. The van der Waals surface area contributed by atoms with E-state index in [0.717, 1.165) is 25.2 Å². The van der Waals surface area contributed by atoms with Gasteiger partial charge in [-0.25, -0.2) is 18.3 Å². The Hall–Kier alpha value is -3.42. The lowest BCUT2D eigenvalue weighted by Gasteiger charge is -2.09. The molecule has 8 heteroatoms. The van der Waals surface area contributed by atoms with Crippen LogP contribution in [0.15, 0.2) is 61.7 Å². The maximum atomic E-state index is 10.3. The number of hydrogen-bond acceptors (Lipinski definition) is 4. The molecule has 0 bridgehead atoms. The molecule has 0 atom stereocenters. The average Bonchev–Trinajstić information content (AvgIpc) is 3.31. The molecule has 0 aliphatic rings. The Balaban J connectivity index is 0.000000229. The average molecular weight is 415 g/mol. The summed E-state index contributed by atoms with van der Waals surface area (Å²) in [6, 6.07) is 5.14. The molecule has 1 aromatic carbocycles. The number of nitrogens with zero attached hydrogens (tertiary/aromatic N) is 4. The van der Waals surface area contributed by atoms with Crippen LogP contribution in [-0.4, -0.2) is 21.1 Å². The van der Waals surface area contributed by atoms with Crippen molar-refractivity contribution in [2.75, 3.05) is 0 Å². The fourth-order valence-electron chi connectivity index (χ4n) is 2.62.